The Morgan fingerprint density at radius 2 is 1.73 bits per heavy atom. The van der Waals surface area contributed by atoms with Crippen molar-refractivity contribution in [2.75, 3.05) is 73.2 Å². The standard InChI is InChI=1S/C42H71N3O6.H2S/c1-28(2)37(51-38(46)45-17-8-18-45)32-11-9-30-33(49-32)25-31-29-10-12-34-39(3,4)35(13-14-42(34)27-41(29,42)16-15-40(30,31)5)50-36-26-44(22-24-48-36)20-19-43(6)21-23-47-7;/h28-37H,8-27H2,1-7H3;1H2. The van der Waals surface area contributed by atoms with Crippen LogP contribution in [0.3, 0.4) is 0 Å². The van der Waals surface area contributed by atoms with Crippen molar-refractivity contribution in [1.82, 2.24) is 14.7 Å². The van der Waals surface area contributed by atoms with Crippen molar-refractivity contribution in [3.63, 3.8) is 0 Å². The SMILES string of the molecule is COCCN(C)CCN1CCOC(OC2CCC34CC35CCC3(C)C6CCC(C(OC(=O)N7CCC7)C(C)C)OC6CC3C5CCC4C2(C)C)C1.S. The van der Waals surface area contributed by atoms with Crippen molar-refractivity contribution in [1.29, 1.82) is 0 Å². The lowest BCUT2D eigenvalue weighted by molar-refractivity contribution is -0.245. The van der Waals surface area contributed by atoms with Gasteiger partial charge >= 0.3 is 6.09 Å². The minimum Gasteiger partial charge on any atom is -0.443 e. The number of carbonyl (C=O) groups excluding carboxylic acids is 1. The molecule has 5 aliphatic carbocycles. The molecule has 0 radical (unpaired) electrons. The van der Waals surface area contributed by atoms with E-state index in [-0.39, 0.29) is 55.5 Å². The van der Waals surface area contributed by atoms with E-state index in [1.165, 1.54) is 57.8 Å². The van der Waals surface area contributed by atoms with Gasteiger partial charge in [0.2, 0.25) is 0 Å². The summed E-state index contributed by atoms with van der Waals surface area (Å²) in [6.07, 6.45) is 14.2. The maximum absolute atomic E-state index is 12.9. The molecule has 3 heterocycles. The quantitative estimate of drug-likeness (QED) is 0.229. The number of likely N-dealkylation sites (tertiary alicyclic amines) is 1. The number of nitrogens with zero attached hydrogens (tertiary/aromatic N) is 3. The minimum absolute atomic E-state index is 0. The summed E-state index contributed by atoms with van der Waals surface area (Å²) in [7, 11) is 3.96. The summed E-state index contributed by atoms with van der Waals surface area (Å²) >= 11 is 0. The van der Waals surface area contributed by atoms with E-state index in [0.717, 1.165) is 89.6 Å². The van der Waals surface area contributed by atoms with Gasteiger partial charge in [0, 0.05) is 52.9 Å². The summed E-state index contributed by atoms with van der Waals surface area (Å²) < 4.78 is 31.8. The van der Waals surface area contributed by atoms with Gasteiger partial charge in [0.25, 0.3) is 0 Å². The number of fused-ring (bicyclic) bond motifs is 4. The van der Waals surface area contributed by atoms with Crippen LogP contribution in [0.4, 0.5) is 4.79 Å². The molecule has 2 spiro atoms. The Labute approximate surface area is 322 Å². The maximum Gasteiger partial charge on any atom is 0.410 e. The average molecular weight is 748 g/mol. The van der Waals surface area contributed by atoms with E-state index in [0.29, 0.717) is 28.3 Å². The lowest BCUT2D eigenvalue weighted by atomic mass is 9.46. The van der Waals surface area contributed by atoms with Crippen molar-refractivity contribution in [3.8, 4) is 0 Å². The lowest BCUT2D eigenvalue weighted by Gasteiger charge is -2.60. The van der Waals surface area contributed by atoms with E-state index >= 15 is 0 Å². The normalized spacial score (nSPS) is 44.0. The van der Waals surface area contributed by atoms with Crippen LogP contribution in [0.15, 0.2) is 0 Å². The first-order valence-corrected chi connectivity index (χ1v) is 21.2. The summed E-state index contributed by atoms with van der Waals surface area (Å²) in [6, 6.07) is 0. The van der Waals surface area contributed by atoms with Crippen LogP contribution in [0.25, 0.3) is 0 Å². The fourth-order valence-corrected chi connectivity index (χ4v) is 13.9. The Morgan fingerprint density at radius 1 is 0.942 bits per heavy atom. The third kappa shape index (κ3) is 6.60. The van der Waals surface area contributed by atoms with Crippen molar-refractivity contribution < 1.29 is 28.5 Å². The molecular formula is C42H73N3O6S. The highest BCUT2D eigenvalue weighted by molar-refractivity contribution is 7.59. The number of rotatable bonds is 11. The fourth-order valence-electron chi connectivity index (χ4n) is 13.9. The number of likely N-dealkylation sites (N-methyl/N-ethyl adjacent to an activating group) is 1. The molecular weight excluding hydrogens is 675 g/mol. The average Bonchev–Trinajstić information content (AvgIpc) is 3.65. The molecule has 9 nitrogen and oxygen atoms in total. The third-order valence-electron chi connectivity index (χ3n) is 16.8. The molecule has 8 rings (SSSR count). The number of hydrogen-bond acceptors (Lipinski definition) is 8. The predicted molar refractivity (Wildman–Crippen MR) is 208 cm³/mol. The maximum atomic E-state index is 12.9. The van der Waals surface area contributed by atoms with Gasteiger partial charge in [-0.15, -0.1) is 0 Å². The summed E-state index contributed by atoms with van der Waals surface area (Å²) in [5, 5.41) is 0. The summed E-state index contributed by atoms with van der Waals surface area (Å²) in [5.41, 5.74) is 1.55. The number of carbonyl (C=O) groups is 1. The topological polar surface area (TPSA) is 72.9 Å². The number of methoxy groups -OCH3 is 1. The van der Waals surface area contributed by atoms with Crippen molar-refractivity contribution in [2.24, 2.45) is 51.2 Å². The molecule has 1 amide bonds. The first-order chi connectivity index (χ1) is 24.4. The molecule has 12 atom stereocenters. The highest BCUT2D eigenvalue weighted by Crippen LogP contribution is 2.87. The molecule has 298 valence electrons. The number of amides is 1. The predicted octanol–water partition coefficient (Wildman–Crippen LogP) is 6.79. The van der Waals surface area contributed by atoms with Gasteiger partial charge < -0.3 is 33.5 Å². The van der Waals surface area contributed by atoms with Gasteiger partial charge in [0.05, 0.1) is 31.5 Å². The van der Waals surface area contributed by atoms with Crippen LogP contribution in [0.2, 0.25) is 0 Å². The lowest BCUT2D eigenvalue weighted by Crippen LogP contribution is -2.56. The molecule has 0 aromatic rings. The van der Waals surface area contributed by atoms with Crippen molar-refractivity contribution in [2.45, 2.75) is 136 Å². The van der Waals surface area contributed by atoms with E-state index in [1.54, 1.807) is 7.11 Å². The van der Waals surface area contributed by atoms with Crippen LogP contribution >= 0.6 is 13.5 Å². The smallest absolute Gasteiger partial charge is 0.410 e. The number of morpholine rings is 1. The molecule has 8 aliphatic rings. The van der Waals surface area contributed by atoms with Crippen molar-refractivity contribution in [3.05, 3.63) is 0 Å². The van der Waals surface area contributed by atoms with Crippen LogP contribution in [-0.2, 0) is 23.7 Å². The van der Waals surface area contributed by atoms with Crippen LogP contribution in [0.1, 0.15) is 105 Å². The highest BCUT2D eigenvalue weighted by atomic mass is 32.1. The van der Waals surface area contributed by atoms with Gasteiger partial charge in [-0.1, -0.05) is 34.6 Å². The molecule has 3 aliphatic heterocycles. The van der Waals surface area contributed by atoms with E-state index in [4.69, 9.17) is 23.7 Å². The molecule has 8 fully saturated rings. The Bertz CT molecular complexity index is 1270. The van der Waals surface area contributed by atoms with E-state index in [1.807, 2.05) is 4.90 Å². The second-order valence-corrected chi connectivity index (χ2v) is 19.8. The second kappa shape index (κ2) is 15.0. The largest absolute Gasteiger partial charge is 0.443 e. The number of hydrogen-bond donors (Lipinski definition) is 0. The van der Waals surface area contributed by atoms with E-state index in [9.17, 15) is 4.79 Å². The van der Waals surface area contributed by atoms with Gasteiger partial charge in [0.1, 0.15) is 6.10 Å². The summed E-state index contributed by atoms with van der Waals surface area (Å²) in [4.78, 5) is 19.6. The molecule has 52 heavy (non-hydrogen) atoms. The third-order valence-corrected chi connectivity index (χ3v) is 16.8. The van der Waals surface area contributed by atoms with Crippen LogP contribution in [0, 0.1) is 51.2 Å². The highest BCUT2D eigenvalue weighted by Gasteiger charge is 2.80. The van der Waals surface area contributed by atoms with Gasteiger partial charge in [-0.25, -0.2) is 4.79 Å². The Balaban J connectivity index is 0.00000420. The van der Waals surface area contributed by atoms with Gasteiger partial charge in [-0.2, -0.15) is 13.5 Å². The molecule has 5 saturated carbocycles. The molecule has 12 unspecified atom stereocenters. The Morgan fingerprint density at radius 3 is 2.46 bits per heavy atom. The zero-order chi connectivity index (χ0) is 35.8. The molecule has 0 N–H and O–H groups in total. The molecule has 10 heteroatoms. The van der Waals surface area contributed by atoms with E-state index in [2.05, 4.69) is 51.5 Å². The minimum atomic E-state index is -0.155. The van der Waals surface area contributed by atoms with Crippen LogP contribution in [0.5, 0.6) is 0 Å². The zero-order valence-corrected chi connectivity index (χ0v) is 34.7. The van der Waals surface area contributed by atoms with Crippen LogP contribution in [-0.4, -0.2) is 125 Å². The van der Waals surface area contributed by atoms with Gasteiger partial charge in [-0.05, 0) is 129 Å². The first kappa shape index (κ1) is 39.6. The molecule has 3 saturated heterocycles. The summed E-state index contributed by atoms with van der Waals surface area (Å²) in [6.45, 7) is 20.2. The molecule has 0 aromatic carbocycles. The molecule has 0 bridgehead atoms. The van der Waals surface area contributed by atoms with Gasteiger partial charge in [0.15, 0.2) is 6.29 Å². The first-order valence-electron chi connectivity index (χ1n) is 21.2. The van der Waals surface area contributed by atoms with Gasteiger partial charge in [-0.3, -0.25) is 4.90 Å². The fraction of sp³-hybridized carbons (Fsp3) is 0.976. The molecule has 0 aromatic heterocycles. The van der Waals surface area contributed by atoms with E-state index < -0.39 is 0 Å². The Hall–Kier alpha value is -0.620. The second-order valence-electron chi connectivity index (χ2n) is 19.8. The number of ether oxygens (including phenoxy) is 5. The van der Waals surface area contributed by atoms with Crippen LogP contribution < -0.4 is 0 Å². The summed E-state index contributed by atoms with van der Waals surface area (Å²) in [5.74, 6) is 3.22. The monoisotopic (exact) mass is 748 g/mol. The zero-order valence-electron chi connectivity index (χ0n) is 33.7. The Kier molecular flexibility index (Phi) is 11.5. The van der Waals surface area contributed by atoms with Crippen molar-refractivity contribution >= 4 is 19.6 Å².